The summed E-state index contributed by atoms with van der Waals surface area (Å²) in [6, 6.07) is 3.43. The molecule has 0 saturated carbocycles. The minimum Gasteiger partial charge on any atom is -0.465 e. The summed E-state index contributed by atoms with van der Waals surface area (Å²) in [7, 11) is 1.35. The molecule has 0 amide bonds. The molecule has 0 aliphatic rings. The number of aromatic nitrogens is 3. The largest absolute Gasteiger partial charge is 0.465 e. The van der Waals surface area contributed by atoms with Gasteiger partial charge in [-0.25, -0.2) is 9.78 Å². The number of rotatable bonds is 4. The normalized spacial score (nSPS) is 10.3. The summed E-state index contributed by atoms with van der Waals surface area (Å²) in [5, 5.41) is 7.30. The second-order valence-corrected chi connectivity index (χ2v) is 4.03. The molecule has 1 N–H and O–H groups in total. The number of ether oxygens (including phenoxy) is 1. The van der Waals surface area contributed by atoms with Gasteiger partial charge in [-0.3, -0.25) is 4.68 Å². The number of methoxy groups -OCH3 is 1. The van der Waals surface area contributed by atoms with Crippen molar-refractivity contribution in [3.8, 4) is 0 Å². The van der Waals surface area contributed by atoms with Gasteiger partial charge in [-0.15, -0.1) is 0 Å². The van der Waals surface area contributed by atoms with Gasteiger partial charge in [-0.05, 0) is 26.0 Å². The van der Waals surface area contributed by atoms with Crippen molar-refractivity contribution < 1.29 is 9.53 Å². The Labute approximate surface area is 111 Å². The smallest absolute Gasteiger partial charge is 0.339 e. The molecule has 2 aromatic rings. The van der Waals surface area contributed by atoms with E-state index in [0.29, 0.717) is 17.1 Å². The van der Waals surface area contributed by atoms with E-state index in [1.54, 1.807) is 25.3 Å². The molecule has 0 aromatic carbocycles. The molecule has 0 fully saturated rings. The second kappa shape index (κ2) is 5.51. The number of nitrogens with zero attached hydrogens (tertiary/aromatic N) is 3. The third-order valence-electron chi connectivity index (χ3n) is 2.72. The molecule has 0 bridgehead atoms. The number of aryl methyl sites for hydroxylation is 2. The van der Waals surface area contributed by atoms with E-state index in [-0.39, 0.29) is 5.97 Å². The molecule has 2 rings (SSSR count). The van der Waals surface area contributed by atoms with E-state index in [1.165, 1.54) is 7.11 Å². The zero-order valence-corrected chi connectivity index (χ0v) is 11.2. The monoisotopic (exact) mass is 260 g/mol. The fourth-order valence-electron chi connectivity index (χ4n) is 1.71. The predicted molar refractivity (Wildman–Crippen MR) is 71.5 cm³/mol. The van der Waals surface area contributed by atoms with Gasteiger partial charge in [-0.2, -0.15) is 5.10 Å². The van der Waals surface area contributed by atoms with Crippen LogP contribution in [-0.4, -0.2) is 27.8 Å². The summed E-state index contributed by atoms with van der Waals surface area (Å²) < 4.78 is 6.50. The molecule has 6 nitrogen and oxygen atoms in total. The van der Waals surface area contributed by atoms with Crippen molar-refractivity contribution in [3.63, 3.8) is 0 Å². The van der Waals surface area contributed by atoms with Crippen molar-refractivity contribution in [3.05, 3.63) is 35.8 Å². The van der Waals surface area contributed by atoms with Gasteiger partial charge in [0.2, 0.25) is 0 Å². The Hall–Kier alpha value is -2.37. The van der Waals surface area contributed by atoms with E-state index in [1.807, 2.05) is 17.8 Å². The molecular formula is C13H16N4O2. The molecule has 0 aliphatic carbocycles. The van der Waals surface area contributed by atoms with Crippen LogP contribution in [0.1, 0.15) is 23.0 Å². The van der Waals surface area contributed by atoms with E-state index in [4.69, 9.17) is 0 Å². The van der Waals surface area contributed by atoms with E-state index in [2.05, 4.69) is 20.1 Å². The molecule has 2 aromatic heterocycles. The number of pyridine rings is 1. The van der Waals surface area contributed by atoms with E-state index >= 15 is 0 Å². The Balaban J connectivity index is 2.18. The van der Waals surface area contributed by atoms with Crippen molar-refractivity contribution in [2.24, 2.45) is 0 Å². The van der Waals surface area contributed by atoms with Gasteiger partial charge < -0.3 is 10.1 Å². The molecule has 0 atom stereocenters. The molecule has 0 saturated heterocycles. The fraction of sp³-hybridized carbons (Fsp3) is 0.308. The maximum atomic E-state index is 11.5. The Morgan fingerprint density at radius 1 is 1.47 bits per heavy atom. The molecule has 0 spiro atoms. The quantitative estimate of drug-likeness (QED) is 0.853. The van der Waals surface area contributed by atoms with Gasteiger partial charge in [0.05, 0.1) is 30.3 Å². The first-order valence-corrected chi connectivity index (χ1v) is 5.99. The average molecular weight is 260 g/mol. The highest BCUT2D eigenvalue weighted by Gasteiger charge is 2.10. The Morgan fingerprint density at radius 2 is 2.26 bits per heavy atom. The lowest BCUT2D eigenvalue weighted by atomic mass is 10.2. The Morgan fingerprint density at radius 3 is 2.84 bits per heavy atom. The minimum absolute atomic E-state index is 0.379. The number of carbonyl (C=O) groups excluding carboxylic acids is 1. The molecule has 2 heterocycles. The van der Waals surface area contributed by atoms with Crippen LogP contribution in [0.4, 0.5) is 11.5 Å². The number of hydrogen-bond donors (Lipinski definition) is 1. The first-order chi connectivity index (χ1) is 9.13. The van der Waals surface area contributed by atoms with Crippen LogP contribution >= 0.6 is 0 Å². The van der Waals surface area contributed by atoms with E-state index < -0.39 is 0 Å². The molecule has 100 valence electrons. The summed E-state index contributed by atoms with van der Waals surface area (Å²) in [6.07, 6.45) is 3.62. The van der Waals surface area contributed by atoms with Gasteiger partial charge in [0, 0.05) is 12.7 Å². The van der Waals surface area contributed by atoms with Crippen LogP contribution in [0.15, 0.2) is 24.5 Å². The zero-order chi connectivity index (χ0) is 13.8. The summed E-state index contributed by atoms with van der Waals surface area (Å²) in [5.74, 6) is 0.288. The standard InChI is InChI=1S/C13H16N4O2/c1-4-17-8-10(7-14-17)16-12-6-5-11(9(2)15-12)13(18)19-3/h5-8H,4H2,1-3H3,(H,15,16). The van der Waals surface area contributed by atoms with Crippen LogP contribution in [0.3, 0.4) is 0 Å². The van der Waals surface area contributed by atoms with Crippen LogP contribution in [0.2, 0.25) is 0 Å². The van der Waals surface area contributed by atoms with E-state index in [0.717, 1.165) is 12.2 Å². The highest BCUT2D eigenvalue weighted by molar-refractivity contribution is 5.90. The Bertz CT molecular complexity index is 592. The number of esters is 1. The van der Waals surface area contributed by atoms with Crippen molar-refractivity contribution in [1.29, 1.82) is 0 Å². The lowest BCUT2D eigenvalue weighted by Crippen LogP contribution is -2.06. The minimum atomic E-state index is -0.379. The van der Waals surface area contributed by atoms with Crippen molar-refractivity contribution in [2.75, 3.05) is 12.4 Å². The predicted octanol–water partition coefficient (Wildman–Crippen LogP) is 2.14. The molecule has 0 aliphatic heterocycles. The molecular weight excluding hydrogens is 244 g/mol. The zero-order valence-electron chi connectivity index (χ0n) is 11.2. The maximum Gasteiger partial charge on any atom is 0.339 e. The molecule has 6 heteroatoms. The lowest BCUT2D eigenvalue weighted by molar-refractivity contribution is 0.0599. The van der Waals surface area contributed by atoms with Crippen LogP contribution in [0.5, 0.6) is 0 Å². The van der Waals surface area contributed by atoms with Crippen LogP contribution < -0.4 is 5.32 Å². The van der Waals surface area contributed by atoms with Gasteiger partial charge in [0.15, 0.2) is 0 Å². The third-order valence-corrected chi connectivity index (χ3v) is 2.72. The first kappa shape index (κ1) is 13.1. The Kier molecular flexibility index (Phi) is 3.79. The first-order valence-electron chi connectivity index (χ1n) is 5.99. The second-order valence-electron chi connectivity index (χ2n) is 4.03. The molecule has 0 radical (unpaired) electrons. The van der Waals surface area contributed by atoms with Crippen molar-refractivity contribution >= 4 is 17.5 Å². The van der Waals surface area contributed by atoms with Gasteiger partial charge in [0.25, 0.3) is 0 Å². The molecule has 19 heavy (non-hydrogen) atoms. The lowest BCUT2D eigenvalue weighted by Gasteiger charge is -2.07. The SMILES string of the molecule is CCn1cc(Nc2ccc(C(=O)OC)c(C)n2)cn1. The highest BCUT2D eigenvalue weighted by Crippen LogP contribution is 2.16. The average Bonchev–Trinajstić information content (AvgIpc) is 2.86. The number of carbonyl (C=O) groups is 1. The maximum absolute atomic E-state index is 11.5. The van der Waals surface area contributed by atoms with Crippen molar-refractivity contribution in [1.82, 2.24) is 14.8 Å². The van der Waals surface area contributed by atoms with Crippen LogP contribution in [-0.2, 0) is 11.3 Å². The van der Waals surface area contributed by atoms with Crippen LogP contribution in [0, 0.1) is 6.92 Å². The van der Waals surface area contributed by atoms with E-state index in [9.17, 15) is 4.79 Å². The van der Waals surface area contributed by atoms with Gasteiger partial charge in [-0.1, -0.05) is 0 Å². The number of anilines is 2. The number of hydrogen-bond acceptors (Lipinski definition) is 5. The summed E-state index contributed by atoms with van der Waals surface area (Å²) in [5.41, 5.74) is 1.96. The van der Waals surface area contributed by atoms with Crippen molar-refractivity contribution in [2.45, 2.75) is 20.4 Å². The highest BCUT2D eigenvalue weighted by atomic mass is 16.5. The molecule has 0 unspecified atom stereocenters. The number of nitrogens with one attached hydrogen (secondary N) is 1. The summed E-state index contributed by atoms with van der Waals surface area (Å²) in [6.45, 7) is 4.60. The van der Waals surface area contributed by atoms with Gasteiger partial charge in [0.1, 0.15) is 5.82 Å². The summed E-state index contributed by atoms with van der Waals surface area (Å²) >= 11 is 0. The summed E-state index contributed by atoms with van der Waals surface area (Å²) in [4.78, 5) is 15.8. The van der Waals surface area contributed by atoms with Gasteiger partial charge >= 0.3 is 5.97 Å². The fourth-order valence-corrected chi connectivity index (χ4v) is 1.71. The third kappa shape index (κ3) is 2.90. The topological polar surface area (TPSA) is 69.0 Å². The van der Waals surface area contributed by atoms with Crippen LogP contribution in [0.25, 0.3) is 0 Å².